The van der Waals surface area contributed by atoms with E-state index in [4.69, 9.17) is 0 Å². The Balaban J connectivity index is 1.56. The average Bonchev–Trinajstić information content (AvgIpc) is 2.61. The number of carbonyl (C=O) groups excluding carboxylic acids is 1. The maximum absolute atomic E-state index is 12.2. The smallest absolute Gasteiger partial charge is 0.269 e. The number of non-ortho nitro benzene ring substituents is 1. The van der Waals surface area contributed by atoms with Crippen molar-refractivity contribution in [3.8, 4) is 0 Å². The van der Waals surface area contributed by atoms with Gasteiger partial charge >= 0.3 is 0 Å². The van der Waals surface area contributed by atoms with Crippen LogP contribution in [0.3, 0.4) is 0 Å². The van der Waals surface area contributed by atoms with Gasteiger partial charge in [-0.1, -0.05) is 24.3 Å². The molecule has 0 aliphatic heterocycles. The van der Waals surface area contributed by atoms with E-state index in [-0.39, 0.29) is 17.6 Å². The van der Waals surface area contributed by atoms with E-state index in [9.17, 15) is 14.9 Å². The molecule has 0 spiro atoms. The van der Waals surface area contributed by atoms with Crippen molar-refractivity contribution >= 4 is 23.4 Å². The van der Waals surface area contributed by atoms with Crippen LogP contribution in [0.4, 0.5) is 5.69 Å². The predicted octanol–water partition coefficient (Wildman–Crippen LogP) is 3.88. The van der Waals surface area contributed by atoms with E-state index >= 15 is 0 Å². The fourth-order valence-corrected chi connectivity index (χ4v) is 3.66. The lowest BCUT2D eigenvalue weighted by atomic mass is 9.88. The first-order valence-electron chi connectivity index (χ1n) is 7.88. The van der Waals surface area contributed by atoms with Gasteiger partial charge in [0.1, 0.15) is 0 Å². The number of hydrogen-bond donors (Lipinski definition) is 1. The number of aryl methyl sites for hydroxylation is 1. The molecule has 0 aromatic heterocycles. The number of benzene rings is 2. The summed E-state index contributed by atoms with van der Waals surface area (Å²) in [4.78, 5) is 23.3. The van der Waals surface area contributed by atoms with Crippen LogP contribution >= 0.6 is 11.8 Å². The number of amides is 1. The van der Waals surface area contributed by atoms with Gasteiger partial charge in [0.15, 0.2) is 0 Å². The lowest BCUT2D eigenvalue weighted by molar-refractivity contribution is -0.384. The summed E-state index contributed by atoms with van der Waals surface area (Å²) >= 11 is 1.38. The quantitative estimate of drug-likeness (QED) is 0.508. The number of thioether (sulfide) groups is 1. The second kappa shape index (κ2) is 7.49. The Labute approximate surface area is 144 Å². The minimum atomic E-state index is -0.429. The van der Waals surface area contributed by atoms with Crippen molar-refractivity contribution < 1.29 is 9.72 Å². The Morgan fingerprint density at radius 1 is 1.21 bits per heavy atom. The maximum atomic E-state index is 12.2. The molecule has 3 rings (SSSR count). The lowest BCUT2D eigenvalue weighted by Gasteiger charge is -2.26. The zero-order valence-electron chi connectivity index (χ0n) is 13.1. The Kier molecular flexibility index (Phi) is 5.15. The van der Waals surface area contributed by atoms with Crippen molar-refractivity contribution in [1.82, 2.24) is 5.32 Å². The summed E-state index contributed by atoms with van der Waals surface area (Å²) < 4.78 is 0. The Morgan fingerprint density at radius 3 is 2.71 bits per heavy atom. The number of nitro groups is 1. The third kappa shape index (κ3) is 3.94. The molecule has 1 amide bonds. The number of nitrogens with one attached hydrogen (secondary N) is 1. The molecule has 2 aromatic rings. The molecule has 2 aromatic carbocycles. The van der Waals surface area contributed by atoms with E-state index in [0.717, 1.165) is 24.2 Å². The molecule has 0 radical (unpaired) electrons. The fraction of sp³-hybridized carbons (Fsp3) is 0.278. The van der Waals surface area contributed by atoms with Crippen LogP contribution in [0.15, 0.2) is 53.4 Å². The van der Waals surface area contributed by atoms with Crippen molar-refractivity contribution in [2.75, 3.05) is 5.75 Å². The van der Waals surface area contributed by atoms with Gasteiger partial charge in [-0.25, -0.2) is 0 Å². The highest BCUT2D eigenvalue weighted by Gasteiger charge is 2.21. The first-order valence-corrected chi connectivity index (χ1v) is 8.86. The largest absolute Gasteiger partial charge is 0.349 e. The van der Waals surface area contributed by atoms with Gasteiger partial charge in [-0.2, -0.15) is 0 Å². The van der Waals surface area contributed by atoms with Gasteiger partial charge in [-0.3, -0.25) is 14.9 Å². The van der Waals surface area contributed by atoms with Crippen LogP contribution in [0.25, 0.3) is 0 Å². The normalized spacial score (nSPS) is 16.2. The zero-order valence-corrected chi connectivity index (χ0v) is 13.9. The number of hydrogen-bond acceptors (Lipinski definition) is 4. The monoisotopic (exact) mass is 342 g/mol. The van der Waals surface area contributed by atoms with Gasteiger partial charge in [0.25, 0.3) is 5.69 Å². The van der Waals surface area contributed by atoms with Crippen LogP contribution in [-0.4, -0.2) is 16.6 Å². The average molecular weight is 342 g/mol. The van der Waals surface area contributed by atoms with Gasteiger partial charge in [-0.05, 0) is 42.5 Å². The number of nitro benzene ring substituents is 1. The summed E-state index contributed by atoms with van der Waals surface area (Å²) in [5.41, 5.74) is 2.59. The molecule has 5 nitrogen and oxygen atoms in total. The Hall–Kier alpha value is -2.34. The van der Waals surface area contributed by atoms with E-state index in [1.807, 2.05) is 12.1 Å². The third-order valence-corrected chi connectivity index (χ3v) is 5.13. The first-order chi connectivity index (χ1) is 11.6. The van der Waals surface area contributed by atoms with Crippen molar-refractivity contribution in [1.29, 1.82) is 0 Å². The van der Waals surface area contributed by atoms with Crippen molar-refractivity contribution in [2.24, 2.45) is 0 Å². The van der Waals surface area contributed by atoms with E-state index in [1.54, 1.807) is 12.1 Å². The molecule has 1 aliphatic carbocycles. The molecule has 1 aliphatic rings. The third-order valence-electron chi connectivity index (χ3n) is 4.12. The molecule has 124 valence electrons. The highest BCUT2D eigenvalue weighted by molar-refractivity contribution is 8.00. The van der Waals surface area contributed by atoms with Crippen LogP contribution in [0.5, 0.6) is 0 Å². The molecular weight excluding hydrogens is 324 g/mol. The Bertz CT molecular complexity index is 746. The highest BCUT2D eigenvalue weighted by Crippen LogP contribution is 2.29. The van der Waals surface area contributed by atoms with E-state index < -0.39 is 4.92 Å². The molecule has 0 fully saturated rings. The standard InChI is InChI=1S/C18H18N2O3S/c21-18(12-24-15-10-8-14(9-11-15)20(22)23)19-17-7-3-5-13-4-1-2-6-16(13)17/h1-2,4,6,8-11,17H,3,5,7,12H2,(H,19,21)/t17-/m0/s1. The molecule has 0 saturated heterocycles. The van der Waals surface area contributed by atoms with Gasteiger partial charge in [0.05, 0.1) is 16.7 Å². The van der Waals surface area contributed by atoms with E-state index in [1.165, 1.54) is 35.0 Å². The number of rotatable bonds is 5. The van der Waals surface area contributed by atoms with Crippen LogP contribution in [0.1, 0.15) is 30.0 Å². The first kappa shape index (κ1) is 16.5. The molecule has 0 bridgehead atoms. The fourth-order valence-electron chi connectivity index (χ4n) is 2.95. The molecule has 6 heteroatoms. The van der Waals surface area contributed by atoms with Crippen LogP contribution in [-0.2, 0) is 11.2 Å². The molecule has 1 atom stereocenters. The second-order valence-corrected chi connectivity index (χ2v) is 6.80. The molecule has 0 heterocycles. The maximum Gasteiger partial charge on any atom is 0.269 e. The summed E-state index contributed by atoms with van der Waals surface area (Å²) in [5.74, 6) is 0.288. The van der Waals surface area contributed by atoms with Gasteiger partial charge < -0.3 is 5.32 Å². The molecule has 1 N–H and O–H groups in total. The minimum absolute atomic E-state index is 0.0138. The Morgan fingerprint density at radius 2 is 1.96 bits per heavy atom. The van der Waals surface area contributed by atoms with Crippen molar-refractivity contribution in [2.45, 2.75) is 30.2 Å². The molecule has 0 saturated carbocycles. The predicted molar refractivity (Wildman–Crippen MR) is 94.1 cm³/mol. The van der Waals surface area contributed by atoms with E-state index in [0.29, 0.717) is 5.75 Å². The minimum Gasteiger partial charge on any atom is -0.349 e. The molecule has 0 unspecified atom stereocenters. The lowest BCUT2D eigenvalue weighted by Crippen LogP contribution is -2.32. The summed E-state index contributed by atoms with van der Waals surface area (Å²) in [6.45, 7) is 0. The van der Waals surface area contributed by atoms with Crippen molar-refractivity contribution in [3.63, 3.8) is 0 Å². The SMILES string of the molecule is O=C(CSc1ccc([N+](=O)[O-])cc1)N[C@H]1CCCc2ccccc21. The van der Waals surface area contributed by atoms with Gasteiger partial charge in [0, 0.05) is 17.0 Å². The molecular formula is C18H18N2O3S. The summed E-state index contributed by atoms with van der Waals surface area (Å²) in [6.07, 6.45) is 3.11. The van der Waals surface area contributed by atoms with Crippen LogP contribution in [0, 0.1) is 10.1 Å². The van der Waals surface area contributed by atoms with Crippen LogP contribution < -0.4 is 5.32 Å². The number of nitrogens with zero attached hydrogens (tertiary/aromatic N) is 1. The summed E-state index contributed by atoms with van der Waals surface area (Å²) in [7, 11) is 0. The topological polar surface area (TPSA) is 72.2 Å². The van der Waals surface area contributed by atoms with Crippen molar-refractivity contribution in [3.05, 3.63) is 69.8 Å². The van der Waals surface area contributed by atoms with Crippen LogP contribution in [0.2, 0.25) is 0 Å². The molecule has 24 heavy (non-hydrogen) atoms. The number of fused-ring (bicyclic) bond motifs is 1. The second-order valence-electron chi connectivity index (χ2n) is 5.75. The van der Waals surface area contributed by atoms with Gasteiger partial charge in [-0.15, -0.1) is 11.8 Å². The van der Waals surface area contributed by atoms with E-state index in [2.05, 4.69) is 17.4 Å². The highest BCUT2D eigenvalue weighted by atomic mass is 32.2. The zero-order chi connectivity index (χ0) is 16.9. The number of carbonyl (C=O) groups is 1. The summed E-state index contributed by atoms with van der Waals surface area (Å²) in [6, 6.07) is 14.6. The van der Waals surface area contributed by atoms with Gasteiger partial charge in [0.2, 0.25) is 5.91 Å². The summed E-state index contributed by atoms with van der Waals surface area (Å²) in [5, 5.41) is 13.7.